The first-order valence-corrected chi connectivity index (χ1v) is 14.5. The molecule has 4 aliphatic rings. The molecule has 0 aliphatic carbocycles. The molecule has 2 saturated heterocycles. The van der Waals surface area contributed by atoms with Crippen LogP contribution in [0.25, 0.3) is 0 Å². The van der Waals surface area contributed by atoms with Crippen LogP contribution < -0.4 is 5.32 Å². The second kappa shape index (κ2) is 12.6. The highest BCUT2D eigenvalue weighted by atomic mass is 16.6. The number of unbranched alkanes of at least 4 members (excludes halogenated alkanes) is 2. The van der Waals surface area contributed by atoms with E-state index in [1.54, 1.807) is 22.8 Å². The molecule has 3 amide bonds. The first-order valence-electron chi connectivity index (χ1n) is 14.5. The largest absolute Gasteiger partial charge is 0.460 e. The minimum absolute atomic E-state index is 0.0671. The maximum absolute atomic E-state index is 14.4. The molecule has 4 heterocycles. The van der Waals surface area contributed by atoms with Gasteiger partial charge in [0, 0.05) is 32.2 Å². The van der Waals surface area contributed by atoms with Gasteiger partial charge in [-0.15, -0.1) is 0 Å². The number of esters is 1. The summed E-state index contributed by atoms with van der Waals surface area (Å²) in [5.41, 5.74) is -1.24. The first-order chi connectivity index (χ1) is 18.7. The number of hydrogen-bond acceptors (Lipinski definition) is 7. The van der Waals surface area contributed by atoms with Crippen molar-refractivity contribution >= 4 is 23.7 Å². The quantitative estimate of drug-likeness (QED) is 0.270. The molecule has 1 spiro atoms. The lowest BCUT2D eigenvalue weighted by Gasteiger charge is -2.38. The van der Waals surface area contributed by atoms with E-state index in [2.05, 4.69) is 12.2 Å². The Labute approximate surface area is 230 Å². The Balaban J connectivity index is 1.73. The van der Waals surface area contributed by atoms with Crippen molar-refractivity contribution in [2.24, 2.45) is 11.8 Å². The average Bonchev–Trinajstić information content (AvgIpc) is 3.54. The molecule has 0 aromatic rings. The Morgan fingerprint density at radius 2 is 1.95 bits per heavy atom. The molecule has 0 radical (unpaired) electrons. The maximum atomic E-state index is 14.4. The number of aliphatic hydroxyl groups excluding tert-OH is 1. The van der Waals surface area contributed by atoms with Gasteiger partial charge in [0.2, 0.25) is 17.7 Å². The van der Waals surface area contributed by atoms with Gasteiger partial charge < -0.3 is 29.7 Å². The molecular weight excluding hydrogens is 502 g/mol. The van der Waals surface area contributed by atoms with E-state index in [0.717, 1.165) is 12.8 Å². The van der Waals surface area contributed by atoms with Crippen molar-refractivity contribution in [1.82, 2.24) is 15.1 Å². The molecule has 0 aromatic carbocycles. The summed E-state index contributed by atoms with van der Waals surface area (Å²) < 4.78 is 12.1. The van der Waals surface area contributed by atoms with E-state index < -0.39 is 41.7 Å². The number of nitrogens with zero attached hydrogens (tertiary/aromatic N) is 2. The van der Waals surface area contributed by atoms with Crippen molar-refractivity contribution in [3.63, 3.8) is 0 Å². The fourth-order valence-electron chi connectivity index (χ4n) is 6.43. The second-order valence-electron chi connectivity index (χ2n) is 11.2. The minimum atomic E-state index is -1.24. The highest BCUT2D eigenvalue weighted by Crippen LogP contribution is 2.55. The van der Waals surface area contributed by atoms with Crippen molar-refractivity contribution in [2.75, 3.05) is 26.2 Å². The van der Waals surface area contributed by atoms with Crippen LogP contribution >= 0.6 is 0 Å². The summed E-state index contributed by atoms with van der Waals surface area (Å²) in [6, 6.07) is -0.976. The number of allylic oxidation sites excluding steroid dienone is 1. The van der Waals surface area contributed by atoms with E-state index in [9.17, 15) is 24.3 Å². The number of hydrogen-bond donors (Lipinski definition) is 2. The molecule has 0 saturated carbocycles. The van der Waals surface area contributed by atoms with Gasteiger partial charge in [-0.3, -0.25) is 19.2 Å². The summed E-state index contributed by atoms with van der Waals surface area (Å²) in [4.78, 5) is 57.5. The van der Waals surface area contributed by atoms with Gasteiger partial charge in [-0.2, -0.15) is 0 Å². The zero-order chi connectivity index (χ0) is 28.2. The molecule has 0 aromatic heterocycles. The van der Waals surface area contributed by atoms with Gasteiger partial charge in [-0.05, 0) is 46.0 Å². The number of likely N-dealkylation sites (tertiary alicyclic amines) is 1. The van der Waals surface area contributed by atoms with E-state index in [-0.39, 0.29) is 36.9 Å². The van der Waals surface area contributed by atoms with Gasteiger partial charge in [0.05, 0.1) is 18.6 Å². The lowest BCUT2D eigenvalue weighted by Crippen LogP contribution is -2.57. The molecule has 10 nitrogen and oxygen atoms in total. The van der Waals surface area contributed by atoms with Gasteiger partial charge in [0.15, 0.2) is 0 Å². The molecule has 7 atom stereocenters. The predicted molar refractivity (Wildman–Crippen MR) is 143 cm³/mol. The number of carbonyl (C=O) groups excluding carboxylic acids is 4. The standard InChI is InChI=1S/C29H43N3O7/c1-4-11-19(2)31-15-8-5-7-12-22(34)30-18-20(3)38-28(37)23-21-13-14-29(39-21)24(23)26(35)32(25(29)27(31)36)16-9-6-10-17-33/h5,8,13-14,19-21,23-25,33H,4,6-7,9-12,15-18H2,1-3H3,(H,30,34)/b8-5-/t19?,20-,21+,23-,24-,25+,29-/m1/s1. The van der Waals surface area contributed by atoms with Gasteiger partial charge >= 0.3 is 5.97 Å². The van der Waals surface area contributed by atoms with Crippen LogP contribution in [-0.4, -0.2) is 94.7 Å². The van der Waals surface area contributed by atoms with Crippen molar-refractivity contribution in [2.45, 2.75) is 95.6 Å². The van der Waals surface area contributed by atoms with Crippen LogP contribution in [-0.2, 0) is 28.7 Å². The number of amides is 3. The highest BCUT2D eigenvalue weighted by molar-refractivity contribution is 5.99. The summed E-state index contributed by atoms with van der Waals surface area (Å²) in [6.07, 6.45) is 10.6. The Morgan fingerprint density at radius 3 is 2.69 bits per heavy atom. The second-order valence-corrected chi connectivity index (χ2v) is 11.2. The number of fused-ring (bicyclic) bond motifs is 2. The zero-order valence-electron chi connectivity index (χ0n) is 23.3. The molecule has 1 unspecified atom stereocenters. The molecule has 4 rings (SSSR count). The minimum Gasteiger partial charge on any atom is -0.460 e. The number of ether oxygens (including phenoxy) is 2. The van der Waals surface area contributed by atoms with Crippen LogP contribution in [0.1, 0.15) is 65.7 Å². The highest BCUT2D eigenvalue weighted by Gasteiger charge is 2.73. The van der Waals surface area contributed by atoms with Crippen molar-refractivity contribution in [3.05, 3.63) is 24.3 Å². The number of carbonyl (C=O) groups is 4. The summed E-state index contributed by atoms with van der Waals surface area (Å²) in [7, 11) is 0. The lowest BCUT2D eigenvalue weighted by molar-refractivity contribution is -0.158. The van der Waals surface area contributed by atoms with Crippen LogP contribution in [0.5, 0.6) is 0 Å². The summed E-state index contributed by atoms with van der Waals surface area (Å²) in [5.74, 6) is -2.89. The predicted octanol–water partition coefficient (Wildman–Crippen LogP) is 1.71. The molecule has 10 heteroatoms. The normalized spacial score (nSPS) is 34.7. The topological polar surface area (TPSA) is 125 Å². The molecule has 5 bridgehead atoms. The summed E-state index contributed by atoms with van der Waals surface area (Å²) in [6.45, 7) is 6.71. The lowest BCUT2D eigenvalue weighted by atomic mass is 9.74. The summed E-state index contributed by atoms with van der Waals surface area (Å²) in [5, 5.41) is 12.0. The molecular formula is C29H43N3O7. The SMILES string of the molecule is CCCC(C)N1C/C=C\CCC(=O)NC[C@@H](C)OC(=O)[C@@H]2[C@@H]3C=C[C@]4(O3)[C@H](C1=O)N(CCCCCO)C(=O)[C@@H]24. The fourth-order valence-corrected chi connectivity index (χ4v) is 6.43. The molecule has 2 fully saturated rings. The third kappa shape index (κ3) is 5.77. The maximum Gasteiger partial charge on any atom is 0.313 e. The van der Waals surface area contributed by atoms with Gasteiger partial charge in [-0.1, -0.05) is 37.6 Å². The number of aliphatic hydroxyl groups is 1. The van der Waals surface area contributed by atoms with Crippen LogP contribution in [0.3, 0.4) is 0 Å². The molecule has 216 valence electrons. The van der Waals surface area contributed by atoms with E-state index in [1.807, 2.05) is 25.2 Å². The van der Waals surface area contributed by atoms with Crippen molar-refractivity contribution in [1.29, 1.82) is 0 Å². The van der Waals surface area contributed by atoms with Crippen LogP contribution in [0.4, 0.5) is 0 Å². The third-order valence-electron chi connectivity index (χ3n) is 8.37. The summed E-state index contributed by atoms with van der Waals surface area (Å²) >= 11 is 0. The van der Waals surface area contributed by atoms with Crippen molar-refractivity contribution in [3.8, 4) is 0 Å². The van der Waals surface area contributed by atoms with E-state index >= 15 is 0 Å². The Hall–Kier alpha value is -2.72. The van der Waals surface area contributed by atoms with Crippen LogP contribution in [0, 0.1) is 11.8 Å². The van der Waals surface area contributed by atoms with E-state index in [1.165, 1.54) is 0 Å². The zero-order valence-corrected chi connectivity index (χ0v) is 23.3. The molecule has 4 aliphatic heterocycles. The Kier molecular flexibility index (Phi) is 9.48. The number of rotatable bonds is 8. The number of nitrogens with one attached hydrogen (secondary N) is 1. The molecule has 2 N–H and O–H groups in total. The average molecular weight is 546 g/mol. The van der Waals surface area contributed by atoms with E-state index in [0.29, 0.717) is 45.2 Å². The van der Waals surface area contributed by atoms with Gasteiger partial charge in [0.1, 0.15) is 23.7 Å². The van der Waals surface area contributed by atoms with E-state index in [4.69, 9.17) is 9.47 Å². The number of cyclic esters (lactones) is 1. The smallest absolute Gasteiger partial charge is 0.313 e. The van der Waals surface area contributed by atoms with Crippen LogP contribution in [0.2, 0.25) is 0 Å². The van der Waals surface area contributed by atoms with Crippen molar-refractivity contribution < 1.29 is 33.8 Å². The van der Waals surface area contributed by atoms with Gasteiger partial charge in [-0.25, -0.2) is 0 Å². The Morgan fingerprint density at radius 1 is 1.15 bits per heavy atom. The Bertz CT molecular complexity index is 997. The van der Waals surface area contributed by atoms with Gasteiger partial charge in [0.25, 0.3) is 0 Å². The van der Waals surface area contributed by atoms with Crippen LogP contribution in [0.15, 0.2) is 24.3 Å². The third-order valence-corrected chi connectivity index (χ3v) is 8.37. The fraction of sp³-hybridized carbons (Fsp3) is 0.724. The molecule has 39 heavy (non-hydrogen) atoms. The first kappa shape index (κ1) is 29.3. The monoisotopic (exact) mass is 545 g/mol.